The van der Waals surface area contributed by atoms with Gasteiger partial charge in [-0.2, -0.15) is 4.99 Å². The van der Waals surface area contributed by atoms with Crippen LogP contribution in [0.25, 0.3) is 21.0 Å². The smallest absolute Gasteiger partial charge is 0.325 e. The summed E-state index contributed by atoms with van der Waals surface area (Å²) in [7, 11) is 2.83. The molecule has 8 nitrogen and oxygen atoms in total. The molecule has 0 saturated heterocycles. The first-order valence-corrected chi connectivity index (χ1v) is 10.5. The lowest BCUT2D eigenvalue weighted by Crippen LogP contribution is -2.22. The van der Waals surface area contributed by atoms with Crippen LogP contribution >= 0.6 is 11.3 Å². The van der Waals surface area contributed by atoms with E-state index in [1.165, 1.54) is 25.6 Å². The molecule has 4 aromatic rings. The van der Waals surface area contributed by atoms with Crippen molar-refractivity contribution >= 4 is 44.2 Å². The van der Waals surface area contributed by atoms with Crippen molar-refractivity contribution in [1.82, 2.24) is 4.57 Å². The molecule has 3 aromatic carbocycles. The summed E-state index contributed by atoms with van der Waals surface area (Å²) in [5.41, 5.74) is 1.03. The second kappa shape index (κ2) is 8.01. The molecule has 1 amide bonds. The third-order valence-electron chi connectivity index (χ3n) is 5.19. The Morgan fingerprint density at radius 3 is 2.50 bits per heavy atom. The van der Waals surface area contributed by atoms with Crippen LogP contribution in [-0.2, 0) is 16.1 Å². The van der Waals surface area contributed by atoms with Gasteiger partial charge in [-0.05, 0) is 22.9 Å². The maximum absolute atomic E-state index is 13.2. The topological polar surface area (TPSA) is 88.4 Å². The number of nitrogens with zero attached hydrogens (tertiary/aromatic N) is 2. The molecule has 0 fully saturated rings. The van der Waals surface area contributed by atoms with Gasteiger partial charge in [0.25, 0.3) is 5.91 Å². The number of aromatic nitrogens is 1. The van der Waals surface area contributed by atoms with E-state index in [-0.39, 0.29) is 13.3 Å². The summed E-state index contributed by atoms with van der Waals surface area (Å²) in [4.78, 5) is 30.0. The second-order valence-corrected chi connectivity index (χ2v) is 8.05. The van der Waals surface area contributed by atoms with E-state index >= 15 is 0 Å². The van der Waals surface area contributed by atoms with E-state index in [0.717, 1.165) is 15.5 Å². The van der Waals surface area contributed by atoms with Crippen molar-refractivity contribution < 1.29 is 28.5 Å². The first-order valence-electron chi connectivity index (χ1n) is 9.73. The Morgan fingerprint density at radius 1 is 1.06 bits per heavy atom. The number of ether oxygens (including phenoxy) is 4. The van der Waals surface area contributed by atoms with E-state index in [4.69, 9.17) is 18.9 Å². The van der Waals surface area contributed by atoms with Crippen LogP contribution in [0.1, 0.15) is 10.4 Å². The van der Waals surface area contributed by atoms with E-state index in [0.29, 0.717) is 33.1 Å². The van der Waals surface area contributed by atoms with Crippen molar-refractivity contribution in [2.45, 2.75) is 6.54 Å². The third kappa shape index (κ3) is 3.46. The summed E-state index contributed by atoms with van der Waals surface area (Å²) in [6.07, 6.45) is 0. The molecular formula is C23H18N2O6S. The number of hydrogen-bond donors (Lipinski definition) is 0. The van der Waals surface area contributed by atoms with E-state index in [2.05, 4.69) is 4.99 Å². The number of carbonyl (C=O) groups excluding carboxylic acids is 2. The lowest BCUT2D eigenvalue weighted by molar-refractivity contribution is -0.141. The highest BCUT2D eigenvalue weighted by Crippen LogP contribution is 2.37. The van der Waals surface area contributed by atoms with Gasteiger partial charge in [0, 0.05) is 12.1 Å². The van der Waals surface area contributed by atoms with Gasteiger partial charge in [0.05, 0.1) is 30.0 Å². The molecule has 0 unspecified atom stereocenters. The molecule has 0 saturated carbocycles. The van der Waals surface area contributed by atoms with E-state index < -0.39 is 11.9 Å². The monoisotopic (exact) mass is 450 g/mol. The first-order chi connectivity index (χ1) is 15.6. The number of hydrogen-bond acceptors (Lipinski definition) is 7. The standard InChI is InChI=1S/C23H18N2O6S/c1-28-17-8-14-6-4-3-5-13(14)7-15(17)22(27)24-23-25(11-21(26)29-2)16-9-18-19(31-12-30-18)10-20(16)32-23/h3-10H,11-12H2,1-2H3. The summed E-state index contributed by atoms with van der Waals surface area (Å²) < 4.78 is 23.6. The molecule has 0 N–H and O–H groups in total. The van der Waals surface area contributed by atoms with Gasteiger partial charge >= 0.3 is 5.97 Å². The third-order valence-corrected chi connectivity index (χ3v) is 6.23. The molecule has 1 aliphatic rings. The highest BCUT2D eigenvalue weighted by molar-refractivity contribution is 7.16. The van der Waals surface area contributed by atoms with Crippen molar-refractivity contribution in [2.75, 3.05) is 21.0 Å². The molecule has 0 bridgehead atoms. The Hall–Kier alpha value is -3.85. The Balaban J connectivity index is 1.67. The van der Waals surface area contributed by atoms with Gasteiger partial charge in [0.2, 0.25) is 6.79 Å². The predicted molar refractivity (Wildman–Crippen MR) is 118 cm³/mol. The number of esters is 1. The van der Waals surface area contributed by atoms with Crippen molar-refractivity contribution in [2.24, 2.45) is 4.99 Å². The van der Waals surface area contributed by atoms with Crippen molar-refractivity contribution in [1.29, 1.82) is 0 Å². The Morgan fingerprint density at radius 2 is 1.78 bits per heavy atom. The average molecular weight is 450 g/mol. The maximum atomic E-state index is 13.2. The summed E-state index contributed by atoms with van der Waals surface area (Å²) in [5.74, 6) is 0.678. The normalized spacial score (nSPS) is 13.0. The maximum Gasteiger partial charge on any atom is 0.325 e. The zero-order chi connectivity index (χ0) is 22.2. The summed E-state index contributed by atoms with van der Waals surface area (Å²) in [6, 6.07) is 14.9. The SMILES string of the molecule is COC(=O)Cn1c(=NC(=O)c2cc3ccccc3cc2OC)sc2cc3c(cc21)OCO3. The fourth-order valence-corrected chi connectivity index (χ4v) is 4.63. The van der Waals surface area contributed by atoms with Crippen LogP contribution in [-0.4, -0.2) is 37.5 Å². The highest BCUT2D eigenvalue weighted by atomic mass is 32.1. The fraction of sp³-hybridized carbons (Fsp3) is 0.174. The van der Waals surface area contributed by atoms with Gasteiger partial charge in [0.1, 0.15) is 12.3 Å². The zero-order valence-electron chi connectivity index (χ0n) is 17.3. The van der Waals surface area contributed by atoms with Crippen LogP contribution in [0.15, 0.2) is 53.5 Å². The van der Waals surface area contributed by atoms with Crippen LogP contribution < -0.4 is 19.0 Å². The molecule has 0 atom stereocenters. The van der Waals surface area contributed by atoms with E-state index in [1.54, 1.807) is 16.7 Å². The number of thiazole rings is 1. The Kier molecular flexibility index (Phi) is 5.02. The van der Waals surface area contributed by atoms with E-state index in [9.17, 15) is 9.59 Å². The summed E-state index contributed by atoms with van der Waals surface area (Å²) in [5, 5.41) is 1.86. The number of carbonyl (C=O) groups is 2. The Labute approximate surface area is 186 Å². The highest BCUT2D eigenvalue weighted by Gasteiger charge is 2.20. The molecule has 5 rings (SSSR count). The van der Waals surface area contributed by atoms with Crippen molar-refractivity contribution in [3.05, 3.63) is 58.9 Å². The second-order valence-electron chi connectivity index (χ2n) is 7.04. The number of fused-ring (bicyclic) bond motifs is 3. The molecule has 1 aliphatic heterocycles. The lowest BCUT2D eigenvalue weighted by Gasteiger charge is -2.08. The molecular weight excluding hydrogens is 432 g/mol. The zero-order valence-corrected chi connectivity index (χ0v) is 18.1. The van der Waals surface area contributed by atoms with Crippen LogP contribution in [0.5, 0.6) is 17.2 Å². The van der Waals surface area contributed by atoms with Gasteiger partial charge < -0.3 is 23.5 Å². The minimum absolute atomic E-state index is 0.100. The number of amides is 1. The largest absolute Gasteiger partial charge is 0.496 e. The van der Waals surface area contributed by atoms with Gasteiger partial charge in [-0.25, -0.2) is 0 Å². The van der Waals surface area contributed by atoms with Crippen LogP contribution in [0.2, 0.25) is 0 Å². The van der Waals surface area contributed by atoms with Gasteiger partial charge in [-0.15, -0.1) is 0 Å². The molecule has 9 heteroatoms. The van der Waals surface area contributed by atoms with E-state index in [1.807, 2.05) is 36.4 Å². The van der Waals surface area contributed by atoms with Crippen molar-refractivity contribution in [3.8, 4) is 17.2 Å². The lowest BCUT2D eigenvalue weighted by atomic mass is 10.1. The molecule has 1 aromatic heterocycles. The van der Waals surface area contributed by atoms with Gasteiger partial charge in [-0.1, -0.05) is 35.6 Å². The minimum Gasteiger partial charge on any atom is -0.496 e. The predicted octanol–water partition coefficient (Wildman–Crippen LogP) is 3.51. The van der Waals surface area contributed by atoms with Gasteiger partial charge in [0.15, 0.2) is 16.3 Å². The quantitative estimate of drug-likeness (QED) is 0.442. The first kappa shape index (κ1) is 20.1. The van der Waals surface area contributed by atoms with Crippen LogP contribution in [0, 0.1) is 0 Å². The minimum atomic E-state index is -0.474. The average Bonchev–Trinajstić information content (AvgIpc) is 3.40. The summed E-state index contributed by atoms with van der Waals surface area (Å²) in [6.45, 7) is 0.0399. The fourth-order valence-electron chi connectivity index (χ4n) is 3.59. The molecule has 162 valence electrons. The van der Waals surface area contributed by atoms with Crippen LogP contribution in [0.4, 0.5) is 0 Å². The van der Waals surface area contributed by atoms with Crippen molar-refractivity contribution in [3.63, 3.8) is 0 Å². The summed E-state index contributed by atoms with van der Waals surface area (Å²) >= 11 is 1.27. The Bertz CT molecular complexity index is 1450. The van der Waals surface area contributed by atoms with Gasteiger partial charge in [-0.3, -0.25) is 9.59 Å². The molecule has 32 heavy (non-hydrogen) atoms. The number of rotatable bonds is 4. The molecule has 2 heterocycles. The molecule has 0 spiro atoms. The van der Waals surface area contributed by atoms with Crippen LogP contribution in [0.3, 0.4) is 0 Å². The number of methoxy groups -OCH3 is 2. The number of benzene rings is 3. The molecule has 0 aliphatic carbocycles. The molecule has 0 radical (unpaired) electrons.